The maximum atomic E-state index is 12.4. The molecular formula is C8H6F3N3. The second-order valence-electron chi connectivity index (χ2n) is 2.82. The van der Waals surface area contributed by atoms with Crippen molar-refractivity contribution in [3.05, 3.63) is 24.0 Å². The lowest BCUT2D eigenvalue weighted by Gasteiger charge is -2.09. The Morgan fingerprint density at radius 3 is 2.71 bits per heavy atom. The summed E-state index contributed by atoms with van der Waals surface area (Å²) in [6.07, 6.45) is -2.23. The van der Waals surface area contributed by atoms with E-state index in [0.717, 1.165) is 6.20 Å². The van der Waals surface area contributed by atoms with Gasteiger partial charge in [0.05, 0.1) is 11.3 Å². The molecule has 0 radical (unpaired) electrons. The molecular weight excluding hydrogens is 195 g/mol. The maximum absolute atomic E-state index is 12.4. The Balaban J connectivity index is 2.74. The van der Waals surface area contributed by atoms with E-state index >= 15 is 0 Å². The maximum Gasteiger partial charge on any atom is 0.419 e. The van der Waals surface area contributed by atoms with Crippen molar-refractivity contribution in [2.45, 2.75) is 6.18 Å². The van der Waals surface area contributed by atoms with Crippen LogP contribution in [0.15, 0.2) is 18.5 Å². The smallest absolute Gasteiger partial charge is 0.398 e. The molecule has 0 amide bonds. The number of nitrogen functional groups attached to an aromatic ring is 1. The zero-order valence-corrected chi connectivity index (χ0v) is 6.89. The largest absolute Gasteiger partial charge is 0.419 e. The minimum atomic E-state index is -4.46. The third-order valence-corrected chi connectivity index (χ3v) is 1.93. The number of H-pyrrole nitrogens is 1. The van der Waals surface area contributed by atoms with Crippen LogP contribution in [0.2, 0.25) is 0 Å². The summed E-state index contributed by atoms with van der Waals surface area (Å²) in [4.78, 5) is 6.29. The van der Waals surface area contributed by atoms with Crippen molar-refractivity contribution in [3.8, 4) is 0 Å². The third kappa shape index (κ3) is 1.19. The van der Waals surface area contributed by atoms with Crippen LogP contribution < -0.4 is 5.73 Å². The lowest BCUT2D eigenvalue weighted by molar-refractivity contribution is -0.137. The lowest BCUT2D eigenvalue weighted by Crippen LogP contribution is -2.09. The molecule has 0 aliphatic heterocycles. The van der Waals surface area contributed by atoms with Gasteiger partial charge in [0.15, 0.2) is 0 Å². The summed E-state index contributed by atoms with van der Waals surface area (Å²) in [6.45, 7) is 0. The van der Waals surface area contributed by atoms with E-state index in [1.807, 2.05) is 0 Å². The van der Waals surface area contributed by atoms with Crippen LogP contribution in [0.1, 0.15) is 5.56 Å². The third-order valence-electron chi connectivity index (χ3n) is 1.93. The van der Waals surface area contributed by atoms with Crippen molar-refractivity contribution >= 4 is 16.7 Å². The first kappa shape index (κ1) is 8.86. The second kappa shape index (κ2) is 2.63. The van der Waals surface area contributed by atoms with Crippen LogP contribution in [0.25, 0.3) is 11.0 Å². The van der Waals surface area contributed by atoms with Gasteiger partial charge in [-0.3, -0.25) is 0 Å². The summed E-state index contributed by atoms with van der Waals surface area (Å²) in [6, 6.07) is 1.47. The monoisotopic (exact) mass is 201 g/mol. The predicted molar refractivity (Wildman–Crippen MR) is 45.5 cm³/mol. The van der Waals surface area contributed by atoms with Crippen molar-refractivity contribution in [1.29, 1.82) is 0 Å². The first-order chi connectivity index (χ1) is 6.50. The Morgan fingerprint density at radius 1 is 1.36 bits per heavy atom. The molecule has 0 atom stereocenters. The summed E-state index contributed by atoms with van der Waals surface area (Å²) in [5.41, 5.74) is 4.54. The number of pyridine rings is 1. The zero-order chi connectivity index (χ0) is 10.3. The molecule has 0 aliphatic carbocycles. The van der Waals surface area contributed by atoms with Gasteiger partial charge >= 0.3 is 6.18 Å². The Kier molecular flexibility index (Phi) is 1.67. The normalized spacial score (nSPS) is 12.2. The Hall–Kier alpha value is -1.72. The summed E-state index contributed by atoms with van der Waals surface area (Å²) in [5.74, 6) is 0. The number of aromatic nitrogens is 2. The van der Waals surface area contributed by atoms with Crippen LogP contribution in [0, 0.1) is 0 Å². The van der Waals surface area contributed by atoms with Gasteiger partial charge < -0.3 is 10.7 Å². The van der Waals surface area contributed by atoms with Gasteiger partial charge in [-0.1, -0.05) is 0 Å². The predicted octanol–water partition coefficient (Wildman–Crippen LogP) is 2.16. The van der Waals surface area contributed by atoms with E-state index in [0.29, 0.717) is 11.0 Å². The summed E-state index contributed by atoms with van der Waals surface area (Å²) < 4.78 is 37.1. The number of fused-ring (bicyclic) bond motifs is 1. The number of nitrogens with two attached hydrogens (primary N) is 1. The number of hydrogen-bond acceptors (Lipinski definition) is 2. The molecule has 0 aromatic carbocycles. The molecule has 74 valence electrons. The summed E-state index contributed by atoms with van der Waals surface area (Å²) >= 11 is 0. The number of alkyl halides is 3. The van der Waals surface area contributed by atoms with Crippen LogP contribution in [-0.4, -0.2) is 9.97 Å². The average Bonchev–Trinajstić information content (AvgIpc) is 2.50. The highest BCUT2D eigenvalue weighted by molar-refractivity contribution is 5.89. The lowest BCUT2D eigenvalue weighted by atomic mass is 10.2. The van der Waals surface area contributed by atoms with Crippen LogP contribution in [0.3, 0.4) is 0 Å². The van der Waals surface area contributed by atoms with Crippen molar-refractivity contribution in [3.63, 3.8) is 0 Å². The number of rotatable bonds is 0. The molecule has 0 saturated carbocycles. The molecule has 2 heterocycles. The number of nitrogens with one attached hydrogen (secondary N) is 1. The molecule has 3 nitrogen and oxygen atoms in total. The van der Waals surface area contributed by atoms with E-state index in [-0.39, 0.29) is 5.69 Å². The quantitative estimate of drug-likeness (QED) is 0.686. The molecule has 0 fully saturated rings. The van der Waals surface area contributed by atoms with Crippen molar-refractivity contribution < 1.29 is 13.2 Å². The van der Waals surface area contributed by atoms with Gasteiger partial charge in [-0.05, 0) is 6.07 Å². The Morgan fingerprint density at radius 2 is 2.07 bits per heavy atom. The van der Waals surface area contributed by atoms with Gasteiger partial charge in [0.1, 0.15) is 5.65 Å². The SMILES string of the molecule is Nc1c(C(F)(F)F)cnc2[nH]ccc12. The van der Waals surface area contributed by atoms with Crippen LogP contribution in [0.4, 0.5) is 18.9 Å². The summed E-state index contributed by atoms with van der Waals surface area (Å²) in [5, 5.41) is 0.292. The van der Waals surface area contributed by atoms with E-state index in [9.17, 15) is 13.2 Å². The second-order valence-corrected chi connectivity index (χ2v) is 2.82. The van der Waals surface area contributed by atoms with E-state index < -0.39 is 11.7 Å². The molecule has 3 N–H and O–H groups in total. The number of anilines is 1. The van der Waals surface area contributed by atoms with E-state index in [1.54, 1.807) is 0 Å². The molecule has 14 heavy (non-hydrogen) atoms. The fourth-order valence-electron chi connectivity index (χ4n) is 1.25. The standard InChI is InChI=1S/C8H6F3N3/c9-8(10,11)5-3-14-7-4(6(5)12)1-2-13-7/h1-3H,(H3,12,13,14). The molecule has 6 heteroatoms. The summed E-state index contributed by atoms with van der Waals surface area (Å²) in [7, 11) is 0. The van der Waals surface area contributed by atoms with Gasteiger partial charge in [-0.2, -0.15) is 13.2 Å². The van der Waals surface area contributed by atoms with E-state index in [4.69, 9.17) is 5.73 Å². The van der Waals surface area contributed by atoms with E-state index in [2.05, 4.69) is 9.97 Å². The highest BCUT2D eigenvalue weighted by Crippen LogP contribution is 2.35. The first-order valence-electron chi connectivity index (χ1n) is 3.79. The molecule has 2 rings (SSSR count). The fraction of sp³-hybridized carbons (Fsp3) is 0.125. The van der Waals surface area contributed by atoms with Crippen molar-refractivity contribution in [1.82, 2.24) is 9.97 Å². The number of aromatic amines is 1. The molecule has 0 bridgehead atoms. The van der Waals surface area contributed by atoms with Crippen LogP contribution in [-0.2, 0) is 6.18 Å². The molecule has 0 spiro atoms. The highest BCUT2D eigenvalue weighted by atomic mass is 19.4. The fourth-order valence-corrected chi connectivity index (χ4v) is 1.25. The van der Waals surface area contributed by atoms with Crippen LogP contribution in [0.5, 0.6) is 0 Å². The van der Waals surface area contributed by atoms with Gasteiger partial charge in [0.25, 0.3) is 0 Å². The van der Waals surface area contributed by atoms with Crippen molar-refractivity contribution in [2.75, 3.05) is 5.73 Å². The zero-order valence-electron chi connectivity index (χ0n) is 6.89. The average molecular weight is 201 g/mol. The minimum absolute atomic E-state index is 0.288. The minimum Gasteiger partial charge on any atom is -0.398 e. The van der Waals surface area contributed by atoms with Gasteiger partial charge in [-0.25, -0.2) is 4.98 Å². The van der Waals surface area contributed by atoms with Gasteiger partial charge in [-0.15, -0.1) is 0 Å². The van der Waals surface area contributed by atoms with E-state index in [1.165, 1.54) is 12.3 Å². The number of nitrogens with zero attached hydrogens (tertiary/aromatic N) is 1. The van der Waals surface area contributed by atoms with Crippen molar-refractivity contribution in [2.24, 2.45) is 0 Å². The molecule has 2 aromatic heterocycles. The molecule has 0 unspecified atom stereocenters. The highest BCUT2D eigenvalue weighted by Gasteiger charge is 2.34. The first-order valence-corrected chi connectivity index (χ1v) is 3.79. The topological polar surface area (TPSA) is 54.7 Å². The Bertz CT molecular complexity index is 472. The van der Waals surface area contributed by atoms with Gasteiger partial charge in [0, 0.05) is 17.8 Å². The molecule has 2 aromatic rings. The van der Waals surface area contributed by atoms with Gasteiger partial charge in [0.2, 0.25) is 0 Å². The molecule has 0 aliphatic rings. The number of hydrogen-bond donors (Lipinski definition) is 2. The molecule has 0 saturated heterocycles. The Labute approximate surface area is 76.7 Å². The number of halogens is 3. The van der Waals surface area contributed by atoms with Crippen LogP contribution >= 0.6 is 0 Å².